The molecule has 212 valence electrons. The average molecular weight is 547 g/mol. The van der Waals surface area contributed by atoms with E-state index in [1.807, 2.05) is 54.6 Å². The minimum absolute atomic E-state index is 0. The third-order valence-corrected chi connectivity index (χ3v) is 6.95. The Labute approximate surface area is 234 Å². The van der Waals surface area contributed by atoms with Crippen molar-refractivity contribution < 1.29 is 25.3 Å². The van der Waals surface area contributed by atoms with Gasteiger partial charge in [0, 0.05) is 31.8 Å². The van der Waals surface area contributed by atoms with E-state index in [-0.39, 0.29) is 17.6 Å². The number of aryl methyl sites for hydroxylation is 1. The summed E-state index contributed by atoms with van der Waals surface area (Å²) in [4.78, 5) is 30.4. The predicted molar refractivity (Wildman–Crippen MR) is 158 cm³/mol. The van der Waals surface area contributed by atoms with E-state index >= 15 is 0 Å². The first-order chi connectivity index (χ1) is 18.9. The number of anilines is 1. The summed E-state index contributed by atoms with van der Waals surface area (Å²) in [6, 6.07) is 20.2. The van der Waals surface area contributed by atoms with Crippen LogP contribution in [0.2, 0.25) is 0 Å². The highest BCUT2D eigenvalue weighted by Crippen LogP contribution is 2.28. The van der Waals surface area contributed by atoms with Gasteiger partial charge in [-0.3, -0.25) is 4.90 Å². The number of rotatable bonds is 13. The summed E-state index contributed by atoms with van der Waals surface area (Å²) in [7, 11) is 0. The molecule has 0 saturated heterocycles. The maximum Gasteiger partial charge on any atom is 0.336 e. The van der Waals surface area contributed by atoms with Crippen molar-refractivity contribution >= 4 is 28.7 Å². The van der Waals surface area contributed by atoms with Crippen molar-refractivity contribution in [2.24, 2.45) is 5.73 Å². The zero-order valence-corrected chi connectivity index (χ0v) is 22.8. The van der Waals surface area contributed by atoms with Crippen LogP contribution in [-0.4, -0.2) is 50.4 Å². The van der Waals surface area contributed by atoms with E-state index in [4.69, 9.17) is 15.8 Å². The lowest BCUT2D eigenvalue weighted by Gasteiger charge is -2.21. The van der Waals surface area contributed by atoms with Crippen LogP contribution in [0.25, 0.3) is 22.2 Å². The van der Waals surface area contributed by atoms with Gasteiger partial charge in [0.05, 0.1) is 16.6 Å². The van der Waals surface area contributed by atoms with Crippen molar-refractivity contribution in [3.05, 3.63) is 83.7 Å². The number of hydrogen-bond donors (Lipinski definition) is 3. The smallest absolute Gasteiger partial charge is 0.336 e. The Balaban J connectivity index is 0.00000441. The minimum atomic E-state index is -0.950. The van der Waals surface area contributed by atoms with E-state index in [2.05, 4.69) is 11.5 Å². The molecule has 0 spiro atoms. The van der Waals surface area contributed by atoms with Crippen molar-refractivity contribution in [1.29, 1.82) is 0 Å². The molecular formula is C31H38N4O5. The molecule has 0 bridgehead atoms. The number of urea groups is 1. The number of aromatic carboxylic acids is 1. The normalized spacial score (nSPS) is 10.8. The van der Waals surface area contributed by atoms with E-state index < -0.39 is 12.0 Å². The highest BCUT2D eigenvalue weighted by atomic mass is 16.4. The second-order valence-electron chi connectivity index (χ2n) is 9.71. The summed E-state index contributed by atoms with van der Waals surface area (Å²) in [5.74, 6) is 0.0344. The maximum atomic E-state index is 12.3. The summed E-state index contributed by atoms with van der Waals surface area (Å²) in [5, 5.41) is 18.6. The van der Waals surface area contributed by atoms with Gasteiger partial charge in [-0.15, -0.1) is 0 Å². The van der Waals surface area contributed by atoms with Crippen LogP contribution in [0.4, 0.5) is 10.5 Å². The quantitative estimate of drug-likeness (QED) is 0.201. The van der Waals surface area contributed by atoms with E-state index in [1.54, 1.807) is 17.0 Å². The Kier molecular flexibility index (Phi) is 10.8. The second-order valence-corrected chi connectivity index (χ2v) is 9.71. The average Bonchev–Trinajstić information content (AvgIpc) is 3.28. The van der Waals surface area contributed by atoms with Crippen molar-refractivity contribution in [3.63, 3.8) is 0 Å². The molecule has 0 aliphatic carbocycles. The van der Waals surface area contributed by atoms with Crippen LogP contribution in [0.1, 0.15) is 60.8 Å². The Morgan fingerprint density at radius 1 is 0.975 bits per heavy atom. The van der Waals surface area contributed by atoms with Gasteiger partial charge in [0.1, 0.15) is 5.82 Å². The van der Waals surface area contributed by atoms with Crippen molar-refractivity contribution in [2.45, 2.75) is 52.0 Å². The van der Waals surface area contributed by atoms with Crippen LogP contribution < -0.4 is 10.6 Å². The van der Waals surface area contributed by atoms with Crippen LogP contribution in [0.3, 0.4) is 0 Å². The number of carboxylic acids is 1. The lowest BCUT2D eigenvalue weighted by molar-refractivity contribution is 0.0697. The predicted octanol–water partition coefficient (Wildman–Crippen LogP) is 5.02. The molecule has 1 aromatic heterocycles. The number of primary amides is 1. The van der Waals surface area contributed by atoms with E-state index in [1.165, 1.54) is 0 Å². The number of benzene rings is 3. The number of carbonyl (C=O) groups is 2. The lowest BCUT2D eigenvalue weighted by atomic mass is 9.99. The number of nitrogens with two attached hydrogens (primary N) is 1. The van der Waals surface area contributed by atoms with Gasteiger partial charge in [0.2, 0.25) is 0 Å². The molecule has 4 rings (SSSR count). The number of unbranched alkanes of at least 4 members (excludes halogenated alkanes) is 3. The summed E-state index contributed by atoms with van der Waals surface area (Å²) in [6.07, 6.45) is 5.16. The fourth-order valence-corrected chi connectivity index (χ4v) is 4.85. The fraction of sp³-hybridized carbons (Fsp3) is 0.323. The van der Waals surface area contributed by atoms with Crippen LogP contribution in [0.5, 0.6) is 0 Å². The van der Waals surface area contributed by atoms with Gasteiger partial charge in [-0.1, -0.05) is 55.8 Å². The molecule has 4 aromatic rings. The first-order valence-electron chi connectivity index (χ1n) is 13.5. The number of nitrogens with zero attached hydrogens (tertiary/aromatic N) is 3. The first kappa shape index (κ1) is 30.3. The Bertz CT molecular complexity index is 1430. The van der Waals surface area contributed by atoms with Gasteiger partial charge >= 0.3 is 12.0 Å². The van der Waals surface area contributed by atoms with Crippen LogP contribution in [-0.2, 0) is 13.0 Å². The van der Waals surface area contributed by atoms with Crippen LogP contribution in [0.15, 0.2) is 66.7 Å². The number of aliphatic hydroxyl groups is 1. The topological polar surface area (TPSA) is 153 Å². The molecule has 3 aromatic carbocycles. The van der Waals surface area contributed by atoms with Gasteiger partial charge in [-0.2, -0.15) is 0 Å². The van der Waals surface area contributed by atoms with Gasteiger partial charge in [0.15, 0.2) is 0 Å². The maximum absolute atomic E-state index is 12.3. The summed E-state index contributed by atoms with van der Waals surface area (Å²) in [5.41, 5.74) is 11.1. The molecule has 9 nitrogen and oxygen atoms in total. The third-order valence-electron chi connectivity index (χ3n) is 6.95. The first-order valence-corrected chi connectivity index (χ1v) is 13.5. The number of carbonyl (C=O) groups excluding carboxylic acids is 1. The largest absolute Gasteiger partial charge is 0.478 e. The van der Waals surface area contributed by atoms with Gasteiger partial charge in [0.25, 0.3) is 0 Å². The number of aromatic nitrogens is 2. The molecule has 0 aliphatic rings. The zero-order chi connectivity index (χ0) is 27.8. The lowest BCUT2D eigenvalue weighted by Crippen LogP contribution is -2.36. The van der Waals surface area contributed by atoms with Gasteiger partial charge in [-0.05, 0) is 66.6 Å². The second kappa shape index (κ2) is 14.3. The molecule has 40 heavy (non-hydrogen) atoms. The highest BCUT2D eigenvalue weighted by Gasteiger charge is 2.17. The van der Waals surface area contributed by atoms with Crippen molar-refractivity contribution in [3.8, 4) is 11.1 Å². The number of imidazole rings is 1. The molecule has 0 radical (unpaired) electrons. The van der Waals surface area contributed by atoms with Gasteiger partial charge < -0.3 is 26.0 Å². The Hall–Kier alpha value is -4.21. The molecule has 2 amide bonds. The molecule has 0 saturated carbocycles. The molecule has 0 fully saturated rings. The summed E-state index contributed by atoms with van der Waals surface area (Å²) in [6.45, 7) is 3.36. The van der Waals surface area contributed by atoms with E-state index in [9.17, 15) is 14.7 Å². The Morgan fingerprint density at radius 2 is 1.73 bits per heavy atom. The summed E-state index contributed by atoms with van der Waals surface area (Å²) < 4.78 is 2.19. The third kappa shape index (κ3) is 7.05. The SMILES string of the molecule is CCCCc1nc2ccc(N(CCCCCO)C(N)=O)cc2n1Cc1ccc(-c2ccccc2C(=O)O)cc1.O. The molecular weight excluding hydrogens is 508 g/mol. The number of amides is 2. The minimum Gasteiger partial charge on any atom is -0.478 e. The van der Waals surface area contributed by atoms with Crippen LogP contribution >= 0.6 is 0 Å². The zero-order valence-electron chi connectivity index (χ0n) is 22.8. The monoisotopic (exact) mass is 546 g/mol. The van der Waals surface area contributed by atoms with Gasteiger partial charge in [-0.25, -0.2) is 14.6 Å². The highest BCUT2D eigenvalue weighted by molar-refractivity contribution is 5.96. The molecule has 0 aliphatic heterocycles. The van der Waals surface area contributed by atoms with Crippen LogP contribution in [0, 0.1) is 0 Å². The van der Waals surface area contributed by atoms with E-state index in [0.717, 1.165) is 65.8 Å². The molecule has 9 heteroatoms. The molecule has 1 heterocycles. The van der Waals surface area contributed by atoms with Crippen molar-refractivity contribution in [2.75, 3.05) is 18.1 Å². The standard InChI is InChI=1S/C31H36N4O4.H2O/c1-2-3-11-29-33-27-17-16-24(34(31(32)39)18-7-4-8-19-36)20-28(27)35(29)21-22-12-14-23(15-13-22)25-9-5-6-10-26(25)30(37)38;/h5-6,9-10,12-17,20,36H,2-4,7-8,11,18-19,21H2,1H3,(H2,32,39)(H,37,38);1H2. The number of hydrogen-bond acceptors (Lipinski definition) is 4. The Morgan fingerprint density at radius 3 is 2.40 bits per heavy atom. The fourth-order valence-electron chi connectivity index (χ4n) is 4.85. The molecule has 0 atom stereocenters. The number of carboxylic acid groups (broad SMARTS) is 1. The van der Waals surface area contributed by atoms with Crippen molar-refractivity contribution in [1.82, 2.24) is 9.55 Å². The molecule has 0 unspecified atom stereocenters. The number of fused-ring (bicyclic) bond motifs is 1. The molecule has 6 N–H and O–H groups in total. The number of aliphatic hydroxyl groups excluding tert-OH is 1. The van der Waals surface area contributed by atoms with E-state index in [0.29, 0.717) is 25.1 Å². The summed E-state index contributed by atoms with van der Waals surface area (Å²) >= 11 is 0.